The molecule has 0 aliphatic heterocycles. The van der Waals surface area contributed by atoms with Crippen LogP contribution in [0, 0.1) is 0 Å². The second-order valence-corrected chi connectivity index (χ2v) is 5.04. The third-order valence-electron chi connectivity index (χ3n) is 3.72. The number of methoxy groups -OCH3 is 3. The van der Waals surface area contributed by atoms with Crippen molar-refractivity contribution in [3.8, 4) is 34.3 Å². The van der Waals surface area contributed by atoms with Crippen molar-refractivity contribution in [3.05, 3.63) is 46.6 Å². The Balaban J connectivity index is 2.28. The number of rotatable bonds is 4. The van der Waals surface area contributed by atoms with Gasteiger partial charge in [0.1, 0.15) is 22.6 Å². The van der Waals surface area contributed by atoms with E-state index in [1.54, 1.807) is 31.4 Å². The van der Waals surface area contributed by atoms with E-state index in [1.165, 1.54) is 26.4 Å². The van der Waals surface area contributed by atoms with Crippen LogP contribution in [0.15, 0.2) is 45.6 Å². The van der Waals surface area contributed by atoms with Crippen LogP contribution in [-0.2, 0) is 0 Å². The highest BCUT2D eigenvalue weighted by Gasteiger charge is 2.19. The minimum atomic E-state index is -0.322. The van der Waals surface area contributed by atoms with Crippen molar-refractivity contribution in [2.24, 2.45) is 0 Å². The molecule has 1 heterocycles. The zero-order valence-electron chi connectivity index (χ0n) is 13.5. The molecule has 2 aromatic carbocycles. The average Bonchev–Trinajstić information content (AvgIpc) is 2.62. The van der Waals surface area contributed by atoms with Crippen molar-refractivity contribution in [2.75, 3.05) is 21.3 Å². The summed E-state index contributed by atoms with van der Waals surface area (Å²) in [4.78, 5) is 12.5. The molecule has 0 radical (unpaired) electrons. The number of phenols is 1. The van der Waals surface area contributed by atoms with Gasteiger partial charge in [0.15, 0.2) is 16.8 Å². The lowest BCUT2D eigenvalue weighted by Gasteiger charge is -2.11. The van der Waals surface area contributed by atoms with E-state index in [-0.39, 0.29) is 33.6 Å². The van der Waals surface area contributed by atoms with Crippen LogP contribution >= 0.6 is 0 Å². The standard InChI is InChI=1S/C18H16O6/c1-21-11-6-4-10(5-7-11)13-8-12(19)16-14(22-2)9-15(23-3)17(20)18(16)24-13/h4-9,20H,1-3H3. The fourth-order valence-corrected chi connectivity index (χ4v) is 2.48. The molecule has 0 atom stereocenters. The van der Waals surface area contributed by atoms with Crippen LogP contribution in [0.5, 0.6) is 23.0 Å². The van der Waals surface area contributed by atoms with Gasteiger partial charge in [0.2, 0.25) is 5.75 Å². The molecule has 3 aromatic rings. The van der Waals surface area contributed by atoms with E-state index in [0.29, 0.717) is 17.1 Å². The number of phenolic OH excluding ortho intramolecular Hbond substituents is 1. The molecule has 0 saturated heterocycles. The minimum absolute atomic E-state index is 0.0181. The third kappa shape index (κ3) is 2.52. The number of ether oxygens (including phenoxy) is 3. The Morgan fingerprint density at radius 2 is 1.58 bits per heavy atom. The van der Waals surface area contributed by atoms with E-state index in [1.807, 2.05) is 0 Å². The molecule has 0 spiro atoms. The van der Waals surface area contributed by atoms with Gasteiger partial charge in [-0.15, -0.1) is 0 Å². The summed E-state index contributed by atoms with van der Waals surface area (Å²) in [6.45, 7) is 0. The molecule has 1 aromatic heterocycles. The van der Waals surface area contributed by atoms with Gasteiger partial charge < -0.3 is 23.7 Å². The molecule has 24 heavy (non-hydrogen) atoms. The quantitative estimate of drug-likeness (QED) is 0.792. The molecular formula is C18H16O6. The van der Waals surface area contributed by atoms with Gasteiger partial charge in [-0.25, -0.2) is 0 Å². The molecule has 0 unspecified atom stereocenters. The molecule has 0 fully saturated rings. The van der Waals surface area contributed by atoms with Gasteiger partial charge in [-0.1, -0.05) is 0 Å². The summed E-state index contributed by atoms with van der Waals surface area (Å²) in [6.07, 6.45) is 0. The number of benzene rings is 2. The van der Waals surface area contributed by atoms with Crippen molar-refractivity contribution in [3.63, 3.8) is 0 Å². The van der Waals surface area contributed by atoms with Crippen molar-refractivity contribution in [1.29, 1.82) is 0 Å². The summed E-state index contributed by atoms with van der Waals surface area (Å²) in [7, 11) is 4.41. The van der Waals surface area contributed by atoms with Gasteiger partial charge in [0.05, 0.1) is 21.3 Å². The van der Waals surface area contributed by atoms with Crippen LogP contribution in [0.25, 0.3) is 22.3 Å². The Morgan fingerprint density at radius 1 is 0.917 bits per heavy atom. The Kier molecular flexibility index (Phi) is 4.04. The summed E-state index contributed by atoms with van der Waals surface area (Å²) in [5.74, 6) is 1.19. The van der Waals surface area contributed by atoms with Crippen LogP contribution in [0.2, 0.25) is 0 Å². The smallest absolute Gasteiger partial charge is 0.202 e. The highest BCUT2D eigenvalue weighted by Crippen LogP contribution is 2.40. The molecule has 0 bridgehead atoms. The lowest BCUT2D eigenvalue weighted by atomic mass is 10.1. The van der Waals surface area contributed by atoms with Crippen molar-refractivity contribution in [2.45, 2.75) is 0 Å². The zero-order valence-corrected chi connectivity index (χ0v) is 13.5. The maximum Gasteiger partial charge on any atom is 0.202 e. The summed E-state index contributed by atoms with van der Waals surface area (Å²) in [5, 5.41) is 10.5. The van der Waals surface area contributed by atoms with Gasteiger partial charge in [-0.3, -0.25) is 4.79 Å². The first kappa shape index (κ1) is 15.7. The maximum atomic E-state index is 12.5. The van der Waals surface area contributed by atoms with Gasteiger partial charge in [0.25, 0.3) is 0 Å². The molecule has 0 amide bonds. The lowest BCUT2D eigenvalue weighted by Crippen LogP contribution is -2.03. The van der Waals surface area contributed by atoms with Crippen molar-refractivity contribution >= 4 is 11.0 Å². The topological polar surface area (TPSA) is 78.1 Å². The Morgan fingerprint density at radius 3 is 2.17 bits per heavy atom. The van der Waals surface area contributed by atoms with E-state index >= 15 is 0 Å². The second-order valence-electron chi connectivity index (χ2n) is 5.04. The monoisotopic (exact) mass is 328 g/mol. The molecule has 3 rings (SSSR count). The first-order valence-electron chi connectivity index (χ1n) is 7.15. The van der Waals surface area contributed by atoms with E-state index in [4.69, 9.17) is 18.6 Å². The summed E-state index contributed by atoms with van der Waals surface area (Å²) < 4.78 is 21.2. The predicted molar refractivity (Wildman–Crippen MR) is 89.2 cm³/mol. The zero-order chi connectivity index (χ0) is 17.3. The molecule has 6 heteroatoms. The number of hydrogen-bond acceptors (Lipinski definition) is 6. The minimum Gasteiger partial charge on any atom is -0.502 e. The van der Waals surface area contributed by atoms with Crippen molar-refractivity contribution < 1.29 is 23.7 Å². The van der Waals surface area contributed by atoms with E-state index in [9.17, 15) is 9.90 Å². The van der Waals surface area contributed by atoms with Crippen molar-refractivity contribution in [1.82, 2.24) is 0 Å². The molecule has 0 saturated carbocycles. The molecule has 0 aliphatic rings. The average molecular weight is 328 g/mol. The Hall–Kier alpha value is -3.15. The fraction of sp³-hybridized carbons (Fsp3) is 0.167. The van der Waals surface area contributed by atoms with Gasteiger partial charge in [-0.05, 0) is 24.3 Å². The van der Waals surface area contributed by atoms with Gasteiger partial charge in [-0.2, -0.15) is 0 Å². The van der Waals surface area contributed by atoms with E-state index < -0.39 is 0 Å². The fourth-order valence-electron chi connectivity index (χ4n) is 2.48. The normalized spacial score (nSPS) is 10.6. The maximum absolute atomic E-state index is 12.5. The summed E-state index contributed by atoms with van der Waals surface area (Å²) in [5.41, 5.74) is 0.373. The lowest BCUT2D eigenvalue weighted by molar-refractivity contribution is 0.364. The van der Waals surface area contributed by atoms with Gasteiger partial charge in [0, 0.05) is 17.7 Å². The van der Waals surface area contributed by atoms with E-state index in [0.717, 1.165) is 0 Å². The van der Waals surface area contributed by atoms with Gasteiger partial charge >= 0.3 is 0 Å². The molecule has 0 aliphatic carbocycles. The first-order valence-corrected chi connectivity index (χ1v) is 7.15. The second kappa shape index (κ2) is 6.16. The third-order valence-corrected chi connectivity index (χ3v) is 3.72. The number of fused-ring (bicyclic) bond motifs is 1. The van der Waals surface area contributed by atoms with Crippen LogP contribution in [0.1, 0.15) is 0 Å². The highest BCUT2D eigenvalue weighted by atomic mass is 16.5. The number of aromatic hydroxyl groups is 1. The Labute approximate surface area is 137 Å². The number of hydrogen-bond donors (Lipinski definition) is 1. The summed E-state index contributed by atoms with van der Waals surface area (Å²) >= 11 is 0. The van der Waals surface area contributed by atoms with Crippen LogP contribution < -0.4 is 19.6 Å². The predicted octanol–water partition coefficient (Wildman–Crippen LogP) is 3.19. The van der Waals surface area contributed by atoms with Crippen LogP contribution in [0.4, 0.5) is 0 Å². The van der Waals surface area contributed by atoms with Crippen LogP contribution in [0.3, 0.4) is 0 Å². The summed E-state index contributed by atoms with van der Waals surface area (Å²) in [6, 6.07) is 9.84. The highest BCUT2D eigenvalue weighted by molar-refractivity contribution is 5.91. The first-order chi connectivity index (χ1) is 11.6. The van der Waals surface area contributed by atoms with Crippen LogP contribution in [-0.4, -0.2) is 26.4 Å². The largest absolute Gasteiger partial charge is 0.502 e. The van der Waals surface area contributed by atoms with E-state index in [2.05, 4.69) is 0 Å². The Bertz CT molecular complexity index is 940. The molecular weight excluding hydrogens is 312 g/mol. The molecule has 6 nitrogen and oxygen atoms in total. The molecule has 1 N–H and O–H groups in total. The molecule has 124 valence electrons. The SMILES string of the molecule is COc1ccc(-c2cc(=O)c3c(OC)cc(OC)c(O)c3o2)cc1.